The molecule has 3 rings (SSSR count). The molecule has 0 radical (unpaired) electrons. The Kier molecular flexibility index (Phi) is 7.50. The number of ether oxygens (including phenoxy) is 1. The van der Waals surface area contributed by atoms with E-state index in [-0.39, 0.29) is 24.2 Å². The molecule has 2 heterocycles. The summed E-state index contributed by atoms with van der Waals surface area (Å²) in [5, 5.41) is 0.623. The van der Waals surface area contributed by atoms with Crippen molar-refractivity contribution in [2.75, 3.05) is 59.0 Å². The van der Waals surface area contributed by atoms with Gasteiger partial charge in [-0.05, 0) is 24.3 Å². The highest BCUT2D eigenvalue weighted by molar-refractivity contribution is 6.30. The number of rotatable bonds is 3. The number of amides is 2. The summed E-state index contributed by atoms with van der Waals surface area (Å²) in [5.74, 6) is 0.168. The van der Waals surface area contributed by atoms with E-state index >= 15 is 0 Å². The van der Waals surface area contributed by atoms with E-state index < -0.39 is 0 Å². The minimum Gasteiger partial charge on any atom is -0.378 e. The van der Waals surface area contributed by atoms with Crippen LogP contribution in [-0.2, 0) is 9.53 Å². The maximum atomic E-state index is 12.5. The van der Waals surface area contributed by atoms with Gasteiger partial charge >= 0.3 is 0 Å². The van der Waals surface area contributed by atoms with Gasteiger partial charge in [0.2, 0.25) is 5.91 Å². The lowest BCUT2D eigenvalue weighted by atomic mass is 10.2. The van der Waals surface area contributed by atoms with Crippen LogP contribution < -0.4 is 0 Å². The lowest BCUT2D eigenvalue weighted by Gasteiger charge is -2.36. The van der Waals surface area contributed by atoms with Gasteiger partial charge in [0.05, 0.1) is 19.8 Å². The molecule has 2 aliphatic rings. The third-order valence-corrected chi connectivity index (χ3v) is 4.73. The molecule has 0 atom stereocenters. The third-order valence-electron chi connectivity index (χ3n) is 4.47. The molecule has 2 fully saturated rings. The molecule has 1 aromatic rings. The molecule has 138 valence electrons. The second kappa shape index (κ2) is 9.38. The van der Waals surface area contributed by atoms with E-state index in [1.165, 1.54) is 0 Å². The largest absolute Gasteiger partial charge is 0.378 e. The molecule has 0 saturated carbocycles. The fourth-order valence-corrected chi connectivity index (χ4v) is 3.11. The Bertz CT molecular complexity index is 583. The molecule has 2 aliphatic heterocycles. The van der Waals surface area contributed by atoms with Gasteiger partial charge in [0, 0.05) is 49.9 Å². The smallest absolute Gasteiger partial charge is 0.253 e. The molecule has 25 heavy (non-hydrogen) atoms. The predicted molar refractivity (Wildman–Crippen MR) is 98.4 cm³/mol. The molecule has 2 amide bonds. The molecule has 2 saturated heterocycles. The minimum atomic E-state index is 0. The van der Waals surface area contributed by atoms with Gasteiger partial charge < -0.3 is 14.5 Å². The van der Waals surface area contributed by atoms with E-state index in [1.807, 2.05) is 9.80 Å². The second-order valence-electron chi connectivity index (χ2n) is 6.07. The molecular formula is C17H23Cl2N3O3. The summed E-state index contributed by atoms with van der Waals surface area (Å²) in [6.07, 6.45) is 0. The van der Waals surface area contributed by atoms with Crippen LogP contribution in [0.5, 0.6) is 0 Å². The van der Waals surface area contributed by atoms with Crippen molar-refractivity contribution in [2.45, 2.75) is 0 Å². The first kappa shape index (κ1) is 20.0. The van der Waals surface area contributed by atoms with Gasteiger partial charge in [0.25, 0.3) is 5.91 Å². The Morgan fingerprint density at radius 1 is 0.920 bits per heavy atom. The third kappa shape index (κ3) is 5.31. The molecule has 0 unspecified atom stereocenters. The monoisotopic (exact) mass is 387 g/mol. The zero-order valence-electron chi connectivity index (χ0n) is 14.0. The Hall–Kier alpha value is -1.34. The van der Waals surface area contributed by atoms with Crippen LogP contribution in [0.4, 0.5) is 0 Å². The fourth-order valence-electron chi connectivity index (χ4n) is 2.99. The first-order valence-corrected chi connectivity index (χ1v) is 8.64. The number of carbonyl (C=O) groups excluding carboxylic acids is 2. The minimum absolute atomic E-state index is 0. The molecule has 0 spiro atoms. The van der Waals surface area contributed by atoms with Crippen LogP contribution in [0.3, 0.4) is 0 Å². The number of halogens is 2. The van der Waals surface area contributed by atoms with Gasteiger partial charge in [-0.15, -0.1) is 12.4 Å². The van der Waals surface area contributed by atoms with Gasteiger partial charge in [-0.2, -0.15) is 0 Å². The van der Waals surface area contributed by atoms with Crippen LogP contribution >= 0.6 is 24.0 Å². The first-order chi connectivity index (χ1) is 11.6. The van der Waals surface area contributed by atoms with Crippen molar-refractivity contribution < 1.29 is 14.3 Å². The molecule has 0 bridgehead atoms. The summed E-state index contributed by atoms with van der Waals surface area (Å²) in [6, 6.07) is 6.95. The van der Waals surface area contributed by atoms with Crippen molar-refractivity contribution in [1.29, 1.82) is 0 Å². The lowest BCUT2D eigenvalue weighted by Crippen LogP contribution is -2.52. The van der Waals surface area contributed by atoms with Crippen LogP contribution in [0.15, 0.2) is 24.3 Å². The molecule has 6 nitrogen and oxygen atoms in total. The fraction of sp³-hybridized carbons (Fsp3) is 0.529. The van der Waals surface area contributed by atoms with Crippen molar-refractivity contribution in [3.05, 3.63) is 34.9 Å². The summed E-state index contributed by atoms with van der Waals surface area (Å²) in [7, 11) is 0. The summed E-state index contributed by atoms with van der Waals surface area (Å²) in [6.45, 7) is 5.72. The highest BCUT2D eigenvalue weighted by Crippen LogP contribution is 2.13. The quantitative estimate of drug-likeness (QED) is 0.785. The van der Waals surface area contributed by atoms with Gasteiger partial charge in [-0.1, -0.05) is 11.6 Å². The molecule has 8 heteroatoms. The van der Waals surface area contributed by atoms with Gasteiger partial charge in [-0.25, -0.2) is 0 Å². The maximum absolute atomic E-state index is 12.5. The Morgan fingerprint density at radius 3 is 2.12 bits per heavy atom. The van der Waals surface area contributed by atoms with E-state index in [0.717, 1.165) is 13.1 Å². The summed E-state index contributed by atoms with van der Waals surface area (Å²) < 4.78 is 5.27. The summed E-state index contributed by atoms with van der Waals surface area (Å²) in [5.41, 5.74) is 0.650. The normalized spacial score (nSPS) is 18.6. The van der Waals surface area contributed by atoms with E-state index in [2.05, 4.69) is 4.90 Å². The standard InChI is InChI=1S/C17H22ClN3O3.ClH/c18-15-3-1-14(2-4-15)17(23)21-7-5-19(6-8-21)13-16(22)20-9-11-24-12-10-20;/h1-4H,5-13H2;1H. The van der Waals surface area contributed by atoms with Crippen molar-refractivity contribution >= 4 is 35.8 Å². The zero-order chi connectivity index (χ0) is 16.9. The lowest BCUT2D eigenvalue weighted by molar-refractivity contribution is -0.136. The van der Waals surface area contributed by atoms with E-state index in [0.29, 0.717) is 56.5 Å². The van der Waals surface area contributed by atoms with Crippen molar-refractivity contribution in [2.24, 2.45) is 0 Å². The summed E-state index contributed by atoms with van der Waals surface area (Å²) in [4.78, 5) is 30.5. The topological polar surface area (TPSA) is 53.1 Å². The molecular weight excluding hydrogens is 365 g/mol. The van der Waals surface area contributed by atoms with Crippen molar-refractivity contribution in [3.63, 3.8) is 0 Å². The van der Waals surface area contributed by atoms with Crippen LogP contribution in [0.1, 0.15) is 10.4 Å². The Labute approximate surface area is 159 Å². The van der Waals surface area contributed by atoms with E-state index in [1.54, 1.807) is 24.3 Å². The SMILES string of the molecule is Cl.O=C(CN1CCN(C(=O)c2ccc(Cl)cc2)CC1)N1CCOCC1. The Morgan fingerprint density at radius 2 is 1.52 bits per heavy atom. The number of hydrogen-bond acceptors (Lipinski definition) is 4. The molecule has 1 aromatic carbocycles. The highest BCUT2D eigenvalue weighted by Gasteiger charge is 2.25. The molecule has 0 N–H and O–H groups in total. The van der Waals surface area contributed by atoms with Gasteiger partial charge in [0.1, 0.15) is 0 Å². The second-order valence-corrected chi connectivity index (χ2v) is 6.50. The highest BCUT2D eigenvalue weighted by atomic mass is 35.5. The van der Waals surface area contributed by atoms with Crippen molar-refractivity contribution in [1.82, 2.24) is 14.7 Å². The maximum Gasteiger partial charge on any atom is 0.253 e. The number of benzene rings is 1. The van der Waals surface area contributed by atoms with Crippen molar-refractivity contribution in [3.8, 4) is 0 Å². The Balaban J connectivity index is 0.00000225. The van der Waals surface area contributed by atoms with Gasteiger partial charge in [-0.3, -0.25) is 14.5 Å². The number of piperazine rings is 1. The summed E-state index contributed by atoms with van der Waals surface area (Å²) >= 11 is 5.86. The number of nitrogens with zero attached hydrogens (tertiary/aromatic N) is 3. The molecule has 0 aliphatic carbocycles. The number of hydrogen-bond donors (Lipinski definition) is 0. The average Bonchev–Trinajstić information content (AvgIpc) is 2.63. The van der Waals surface area contributed by atoms with Crippen LogP contribution in [-0.4, -0.2) is 85.5 Å². The van der Waals surface area contributed by atoms with Crippen LogP contribution in [0, 0.1) is 0 Å². The number of morpholine rings is 1. The predicted octanol–water partition coefficient (Wildman–Crippen LogP) is 1.38. The average molecular weight is 388 g/mol. The van der Waals surface area contributed by atoms with Crippen LogP contribution in [0.25, 0.3) is 0 Å². The van der Waals surface area contributed by atoms with E-state index in [4.69, 9.17) is 16.3 Å². The zero-order valence-corrected chi connectivity index (χ0v) is 15.6. The first-order valence-electron chi connectivity index (χ1n) is 8.26. The van der Waals surface area contributed by atoms with Gasteiger partial charge in [0.15, 0.2) is 0 Å². The molecule has 0 aromatic heterocycles. The number of carbonyl (C=O) groups is 2. The van der Waals surface area contributed by atoms with E-state index in [9.17, 15) is 9.59 Å². The van der Waals surface area contributed by atoms with Crippen LogP contribution in [0.2, 0.25) is 5.02 Å².